The van der Waals surface area contributed by atoms with E-state index in [0.717, 1.165) is 6.07 Å². The van der Waals surface area contributed by atoms with E-state index in [9.17, 15) is 22.8 Å². The fraction of sp³-hybridized carbons (Fsp3) is 0.238. The van der Waals surface area contributed by atoms with Crippen LogP contribution in [0.25, 0.3) is 11.0 Å². The molecule has 7 heteroatoms. The van der Waals surface area contributed by atoms with Crippen molar-refractivity contribution in [2.45, 2.75) is 12.6 Å². The summed E-state index contributed by atoms with van der Waals surface area (Å²) in [7, 11) is 0. The summed E-state index contributed by atoms with van der Waals surface area (Å²) in [5, 5.41) is 0.393. The smallest absolute Gasteiger partial charge is 0.416 e. The molecule has 0 atom stereocenters. The summed E-state index contributed by atoms with van der Waals surface area (Å²) >= 11 is 0. The van der Waals surface area contributed by atoms with Crippen LogP contribution in [0.2, 0.25) is 0 Å². The third-order valence-electron chi connectivity index (χ3n) is 4.98. The van der Waals surface area contributed by atoms with Gasteiger partial charge in [-0.3, -0.25) is 9.59 Å². The third-order valence-corrected chi connectivity index (χ3v) is 4.98. The Morgan fingerprint density at radius 1 is 1.11 bits per heavy atom. The Hall–Kier alpha value is -3.09. The lowest BCUT2D eigenvalue weighted by Crippen LogP contribution is -2.50. The minimum atomic E-state index is -4.38. The van der Waals surface area contributed by atoms with Gasteiger partial charge in [-0.25, -0.2) is 0 Å². The first-order valence-electron chi connectivity index (χ1n) is 8.79. The van der Waals surface area contributed by atoms with Crippen molar-refractivity contribution in [2.24, 2.45) is 5.92 Å². The molecule has 28 heavy (non-hydrogen) atoms. The molecule has 0 bridgehead atoms. The number of hydrogen-bond acceptors (Lipinski definition) is 3. The summed E-state index contributed by atoms with van der Waals surface area (Å²) in [5.41, 5.74) is 0.155. The summed E-state index contributed by atoms with van der Waals surface area (Å²) in [4.78, 5) is 25.9. The molecule has 4 rings (SSSR count). The molecule has 1 aliphatic rings. The highest BCUT2D eigenvalue weighted by molar-refractivity contribution is 5.97. The summed E-state index contributed by atoms with van der Waals surface area (Å²) in [5.74, 6) is -0.250. The van der Waals surface area contributed by atoms with Gasteiger partial charge in [0.25, 0.3) is 5.91 Å². The van der Waals surface area contributed by atoms with Gasteiger partial charge in [0.05, 0.1) is 17.2 Å². The van der Waals surface area contributed by atoms with Crippen LogP contribution < -0.4 is 5.43 Å². The van der Waals surface area contributed by atoms with Crippen LogP contribution in [0.15, 0.2) is 64.0 Å². The monoisotopic (exact) mass is 387 g/mol. The maximum absolute atomic E-state index is 13.1. The highest BCUT2D eigenvalue weighted by Crippen LogP contribution is 2.34. The third kappa shape index (κ3) is 3.40. The molecule has 0 unspecified atom stereocenters. The molecule has 1 aromatic heterocycles. The number of alkyl halides is 3. The van der Waals surface area contributed by atoms with E-state index in [4.69, 9.17) is 4.42 Å². The Morgan fingerprint density at radius 2 is 1.86 bits per heavy atom. The first-order valence-corrected chi connectivity index (χ1v) is 8.79. The lowest BCUT2D eigenvalue weighted by molar-refractivity contribution is -0.138. The second-order valence-corrected chi connectivity index (χ2v) is 6.93. The lowest BCUT2D eigenvalue weighted by Gasteiger charge is -2.39. The van der Waals surface area contributed by atoms with Crippen molar-refractivity contribution in [1.82, 2.24) is 4.90 Å². The molecule has 3 aromatic rings. The quantitative estimate of drug-likeness (QED) is 0.679. The van der Waals surface area contributed by atoms with Gasteiger partial charge in [-0.05, 0) is 42.2 Å². The van der Waals surface area contributed by atoms with Crippen molar-refractivity contribution in [3.05, 3.63) is 81.7 Å². The van der Waals surface area contributed by atoms with Crippen LogP contribution >= 0.6 is 0 Å². The average molecular weight is 387 g/mol. The first-order chi connectivity index (χ1) is 13.3. The van der Waals surface area contributed by atoms with E-state index in [0.29, 0.717) is 29.6 Å². The van der Waals surface area contributed by atoms with E-state index in [1.165, 1.54) is 30.5 Å². The second-order valence-electron chi connectivity index (χ2n) is 6.93. The molecule has 144 valence electrons. The van der Waals surface area contributed by atoms with E-state index in [-0.39, 0.29) is 29.2 Å². The van der Waals surface area contributed by atoms with Crippen LogP contribution in [-0.4, -0.2) is 23.9 Å². The van der Waals surface area contributed by atoms with Crippen molar-refractivity contribution < 1.29 is 22.4 Å². The molecule has 1 aliphatic heterocycles. The van der Waals surface area contributed by atoms with Crippen molar-refractivity contribution in [2.75, 3.05) is 13.1 Å². The van der Waals surface area contributed by atoms with Gasteiger partial charge in [0.15, 0.2) is 5.43 Å². The lowest BCUT2D eigenvalue weighted by atomic mass is 9.89. The zero-order valence-electron chi connectivity index (χ0n) is 14.7. The molecule has 2 aromatic carbocycles. The summed E-state index contributed by atoms with van der Waals surface area (Å²) in [6.45, 7) is 0.781. The molecule has 4 nitrogen and oxygen atoms in total. The largest absolute Gasteiger partial charge is 0.464 e. The van der Waals surface area contributed by atoms with Crippen molar-refractivity contribution >= 4 is 16.9 Å². The van der Waals surface area contributed by atoms with Crippen LogP contribution in [0.4, 0.5) is 13.2 Å². The van der Waals surface area contributed by atoms with Crippen molar-refractivity contribution in [3.8, 4) is 0 Å². The molecule has 1 saturated heterocycles. The Bertz CT molecular complexity index is 1100. The maximum atomic E-state index is 13.1. The second kappa shape index (κ2) is 6.82. The minimum Gasteiger partial charge on any atom is -0.464 e. The Labute approximate surface area is 158 Å². The molecule has 0 N–H and O–H groups in total. The SMILES string of the molecule is O=C(c1ccc2c(=O)ccoc2c1)N1CC(Cc2ccccc2C(F)(F)F)C1. The summed E-state index contributed by atoms with van der Waals surface area (Å²) in [6, 6.07) is 11.5. The predicted molar refractivity (Wildman–Crippen MR) is 97.0 cm³/mol. The number of fused-ring (bicyclic) bond motifs is 1. The zero-order chi connectivity index (χ0) is 19.9. The number of carbonyl (C=O) groups is 1. The van der Waals surface area contributed by atoms with Gasteiger partial charge in [0, 0.05) is 24.7 Å². The Balaban J connectivity index is 1.45. The first kappa shape index (κ1) is 18.3. The number of benzene rings is 2. The molecule has 2 heterocycles. The average Bonchev–Trinajstić information content (AvgIpc) is 2.63. The van der Waals surface area contributed by atoms with Gasteiger partial charge < -0.3 is 9.32 Å². The standard InChI is InChI=1S/C21H16F3NO3/c22-21(23,24)17-4-2-1-3-14(17)9-13-11-25(12-13)20(27)15-5-6-16-18(26)7-8-28-19(16)10-15/h1-8,10,13H,9,11-12H2. The van der Waals surface area contributed by atoms with Gasteiger partial charge >= 0.3 is 6.18 Å². The van der Waals surface area contributed by atoms with Crippen molar-refractivity contribution in [3.63, 3.8) is 0 Å². The predicted octanol–water partition coefficient (Wildman–Crippen LogP) is 4.13. The van der Waals surface area contributed by atoms with Crippen LogP contribution in [0.3, 0.4) is 0 Å². The Kier molecular flexibility index (Phi) is 4.45. The minimum absolute atomic E-state index is 0.0224. The number of hydrogen-bond donors (Lipinski definition) is 0. The fourth-order valence-electron chi connectivity index (χ4n) is 3.55. The number of nitrogens with zero attached hydrogens (tertiary/aromatic N) is 1. The fourth-order valence-corrected chi connectivity index (χ4v) is 3.55. The number of carbonyl (C=O) groups excluding carboxylic acids is 1. The zero-order valence-corrected chi connectivity index (χ0v) is 14.7. The molecule has 1 amide bonds. The molecule has 0 radical (unpaired) electrons. The van der Waals surface area contributed by atoms with Gasteiger partial charge in [0.1, 0.15) is 5.58 Å². The molecular formula is C21H16F3NO3. The normalized spacial score (nSPS) is 14.9. The van der Waals surface area contributed by atoms with Gasteiger partial charge in [-0.1, -0.05) is 18.2 Å². The Morgan fingerprint density at radius 3 is 2.61 bits per heavy atom. The van der Waals surface area contributed by atoms with Crippen LogP contribution in [0.5, 0.6) is 0 Å². The molecule has 0 spiro atoms. The van der Waals surface area contributed by atoms with Crippen LogP contribution in [-0.2, 0) is 12.6 Å². The number of halogens is 3. The van der Waals surface area contributed by atoms with Gasteiger partial charge in [-0.15, -0.1) is 0 Å². The van der Waals surface area contributed by atoms with E-state index in [1.807, 2.05) is 0 Å². The maximum Gasteiger partial charge on any atom is 0.416 e. The van der Waals surface area contributed by atoms with E-state index >= 15 is 0 Å². The van der Waals surface area contributed by atoms with Crippen LogP contribution in [0, 0.1) is 5.92 Å². The highest BCUT2D eigenvalue weighted by Gasteiger charge is 2.36. The van der Waals surface area contributed by atoms with Gasteiger partial charge in [0.2, 0.25) is 0 Å². The number of likely N-dealkylation sites (tertiary alicyclic amines) is 1. The van der Waals surface area contributed by atoms with E-state index < -0.39 is 11.7 Å². The molecule has 1 fully saturated rings. The topological polar surface area (TPSA) is 50.5 Å². The summed E-state index contributed by atoms with van der Waals surface area (Å²) in [6.07, 6.45) is -2.84. The molecule has 0 aliphatic carbocycles. The highest BCUT2D eigenvalue weighted by atomic mass is 19.4. The van der Waals surface area contributed by atoms with Gasteiger partial charge in [-0.2, -0.15) is 13.2 Å². The molecule has 0 saturated carbocycles. The van der Waals surface area contributed by atoms with E-state index in [1.54, 1.807) is 23.1 Å². The van der Waals surface area contributed by atoms with Crippen molar-refractivity contribution in [1.29, 1.82) is 0 Å². The van der Waals surface area contributed by atoms with Crippen LogP contribution in [0.1, 0.15) is 21.5 Å². The molecular weight excluding hydrogens is 371 g/mol. The number of rotatable bonds is 3. The number of amides is 1. The van der Waals surface area contributed by atoms with E-state index in [2.05, 4.69) is 0 Å². The summed E-state index contributed by atoms with van der Waals surface area (Å²) < 4.78 is 44.6.